The van der Waals surface area contributed by atoms with Crippen molar-refractivity contribution in [3.8, 4) is 0 Å². The standard InChI is InChI=1S/C16H24N6OS/c1-12-5-6-13(24-12)14(23)21-9-7-20(8-10-21)11-22-15(16(2,3)4)17-18-19-22/h5-6H,7-11H2,1-4H3. The maximum atomic E-state index is 12.5. The van der Waals surface area contributed by atoms with Gasteiger partial charge in [-0.15, -0.1) is 16.4 Å². The van der Waals surface area contributed by atoms with Gasteiger partial charge in [0.1, 0.15) is 0 Å². The van der Waals surface area contributed by atoms with Gasteiger partial charge in [-0.2, -0.15) is 0 Å². The Labute approximate surface area is 146 Å². The van der Waals surface area contributed by atoms with Crippen LogP contribution in [0, 0.1) is 6.92 Å². The van der Waals surface area contributed by atoms with Crippen LogP contribution in [0.3, 0.4) is 0 Å². The summed E-state index contributed by atoms with van der Waals surface area (Å²) < 4.78 is 1.86. The lowest BCUT2D eigenvalue weighted by molar-refractivity contribution is 0.0585. The third kappa shape index (κ3) is 3.64. The Morgan fingerprint density at radius 1 is 1.21 bits per heavy atom. The van der Waals surface area contributed by atoms with Gasteiger partial charge in [0.05, 0.1) is 11.5 Å². The number of aromatic nitrogens is 4. The molecule has 7 nitrogen and oxygen atoms in total. The summed E-state index contributed by atoms with van der Waals surface area (Å²) in [6.45, 7) is 12.2. The second-order valence-electron chi connectivity index (χ2n) is 7.21. The molecule has 0 aliphatic carbocycles. The molecular formula is C16H24N6OS. The number of tetrazole rings is 1. The number of rotatable bonds is 3. The Kier molecular flexibility index (Phi) is 4.69. The molecular weight excluding hydrogens is 324 g/mol. The predicted octanol–water partition coefficient (Wildman–Crippen LogP) is 1.76. The van der Waals surface area contributed by atoms with Gasteiger partial charge in [-0.1, -0.05) is 20.8 Å². The number of nitrogens with zero attached hydrogens (tertiary/aromatic N) is 6. The van der Waals surface area contributed by atoms with E-state index in [4.69, 9.17) is 0 Å². The molecule has 130 valence electrons. The second-order valence-corrected chi connectivity index (χ2v) is 8.50. The predicted molar refractivity (Wildman–Crippen MR) is 93.0 cm³/mol. The monoisotopic (exact) mass is 348 g/mol. The van der Waals surface area contributed by atoms with Gasteiger partial charge >= 0.3 is 0 Å². The lowest BCUT2D eigenvalue weighted by Crippen LogP contribution is -2.49. The van der Waals surface area contributed by atoms with Gasteiger partial charge in [-0.25, -0.2) is 4.68 Å². The fourth-order valence-electron chi connectivity index (χ4n) is 2.82. The van der Waals surface area contributed by atoms with Crippen molar-refractivity contribution >= 4 is 17.2 Å². The minimum atomic E-state index is -0.0850. The summed E-state index contributed by atoms with van der Waals surface area (Å²) in [6, 6.07) is 3.92. The zero-order valence-corrected chi connectivity index (χ0v) is 15.5. The van der Waals surface area contributed by atoms with Crippen LogP contribution in [0.2, 0.25) is 0 Å². The summed E-state index contributed by atoms with van der Waals surface area (Å²) in [6.07, 6.45) is 0. The Bertz CT molecular complexity index is 708. The summed E-state index contributed by atoms with van der Waals surface area (Å²) in [5.74, 6) is 1.03. The first-order chi connectivity index (χ1) is 11.3. The zero-order chi connectivity index (χ0) is 17.3. The molecule has 3 heterocycles. The van der Waals surface area contributed by atoms with Crippen molar-refractivity contribution in [2.24, 2.45) is 0 Å². The van der Waals surface area contributed by atoms with Crippen LogP contribution in [0.25, 0.3) is 0 Å². The van der Waals surface area contributed by atoms with Crippen LogP contribution in [0.15, 0.2) is 12.1 Å². The number of amides is 1. The van der Waals surface area contributed by atoms with Crippen LogP contribution in [-0.2, 0) is 12.1 Å². The van der Waals surface area contributed by atoms with E-state index in [-0.39, 0.29) is 11.3 Å². The van der Waals surface area contributed by atoms with E-state index in [9.17, 15) is 4.79 Å². The first kappa shape index (κ1) is 17.0. The van der Waals surface area contributed by atoms with Crippen LogP contribution in [-0.4, -0.2) is 62.1 Å². The van der Waals surface area contributed by atoms with Gasteiger partial charge in [0, 0.05) is 36.5 Å². The first-order valence-electron chi connectivity index (χ1n) is 8.19. The molecule has 0 aromatic carbocycles. The number of aryl methyl sites for hydroxylation is 1. The van der Waals surface area contributed by atoms with E-state index in [1.165, 1.54) is 4.88 Å². The highest BCUT2D eigenvalue weighted by Crippen LogP contribution is 2.20. The Morgan fingerprint density at radius 3 is 2.50 bits per heavy atom. The van der Waals surface area contributed by atoms with Gasteiger partial charge in [-0.3, -0.25) is 9.69 Å². The number of hydrogen-bond donors (Lipinski definition) is 0. The third-order valence-corrected chi connectivity index (χ3v) is 5.14. The van der Waals surface area contributed by atoms with E-state index in [2.05, 4.69) is 41.2 Å². The average molecular weight is 348 g/mol. The van der Waals surface area contributed by atoms with Crippen molar-refractivity contribution < 1.29 is 4.79 Å². The lowest BCUT2D eigenvalue weighted by Gasteiger charge is -2.34. The van der Waals surface area contributed by atoms with Crippen molar-refractivity contribution in [2.75, 3.05) is 26.2 Å². The summed E-state index contributed by atoms with van der Waals surface area (Å²) in [4.78, 5) is 18.7. The Morgan fingerprint density at radius 2 is 1.92 bits per heavy atom. The molecule has 3 rings (SSSR count). The van der Waals surface area contributed by atoms with Crippen LogP contribution >= 0.6 is 11.3 Å². The van der Waals surface area contributed by atoms with Crippen molar-refractivity contribution in [3.63, 3.8) is 0 Å². The molecule has 0 radical (unpaired) electrons. The number of carbonyl (C=O) groups is 1. The number of hydrogen-bond acceptors (Lipinski definition) is 6. The first-order valence-corrected chi connectivity index (χ1v) is 9.01. The van der Waals surface area contributed by atoms with E-state index in [0.717, 1.165) is 36.9 Å². The highest BCUT2D eigenvalue weighted by atomic mass is 32.1. The van der Waals surface area contributed by atoms with Gasteiger partial charge in [0.2, 0.25) is 0 Å². The summed E-state index contributed by atoms with van der Waals surface area (Å²) in [5.41, 5.74) is -0.0850. The molecule has 1 aliphatic rings. The van der Waals surface area contributed by atoms with Crippen LogP contribution < -0.4 is 0 Å². The van der Waals surface area contributed by atoms with E-state index in [1.54, 1.807) is 11.3 Å². The third-order valence-electron chi connectivity index (χ3n) is 4.15. The second kappa shape index (κ2) is 6.60. The molecule has 8 heteroatoms. The Hall–Kier alpha value is -1.80. The minimum Gasteiger partial charge on any atom is -0.335 e. The summed E-state index contributed by atoms with van der Waals surface area (Å²) >= 11 is 1.56. The largest absolute Gasteiger partial charge is 0.335 e. The molecule has 0 N–H and O–H groups in total. The number of carbonyl (C=O) groups excluding carboxylic acids is 1. The molecule has 0 atom stereocenters. The Balaban J connectivity index is 1.58. The highest BCUT2D eigenvalue weighted by Gasteiger charge is 2.26. The molecule has 1 aliphatic heterocycles. The fourth-order valence-corrected chi connectivity index (χ4v) is 3.66. The van der Waals surface area contributed by atoms with Crippen molar-refractivity contribution in [3.05, 3.63) is 27.7 Å². The molecule has 1 amide bonds. The minimum absolute atomic E-state index is 0.0850. The van der Waals surface area contributed by atoms with Gasteiger partial charge < -0.3 is 4.90 Å². The van der Waals surface area contributed by atoms with Crippen LogP contribution in [0.4, 0.5) is 0 Å². The quantitative estimate of drug-likeness (QED) is 0.845. The normalized spacial score (nSPS) is 16.6. The maximum Gasteiger partial charge on any atom is 0.264 e. The lowest BCUT2D eigenvalue weighted by atomic mass is 9.96. The van der Waals surface area contributed by atoms with E-state index in [0.29, 0.717) is 6.67 Å². The molecule has 0 bridgehead atoms. The molecule has 2 aromatic heterocycles. The summed E-state index contributed by atoms with van der Waals surface area (Å²) in [7, 11) is 0. The number of thiophene rings is 1. The van der Waals surface area contributed by atoms with Crippen molar-refractivity contribution in [1.82, 2.24) is 30.0 Å². The van der Waals surface area contributed by atoms with E-state index >= 15 is 0 Å². The average Bonchev–Trinajstić information content (AvgIpc) is 3.16. The molecule has 1 fully saturated rings. The van der Waals surface area contributed by atoms with Crippen LogP contribution in [0.5, 0.6) is 0 Å². The molecule has 2 aromatic rings. The fraction of sp³-hybridized carbons (Fsp3) is 0.625. The molecule has 1 saturated heterocycles. The zero-order valence-electron chi connectivity index (χ0n) is 14.7. The van der Waals surface area contributed by atoms with E-state index < -0.39 is 0 Å². The van der Waals surface area contributed by atoms with Gasteiger partial charge in [0.25, 0.3) is 5.91 Å². The molecule has 24 heavy (non-hydrogen) atoms. The van der Waals surface area contributed by atoms with Crippen molar-refractivity contribution in [1.29, 1.82) is 0 Å². The van der Waals surface area contributed by atoms with Crippen molar-refractivity contribution in [2.45, 2.75) is 39.8 Å². The van der Waals surface area contributed by atoms with Gasteiger partial charge in [0.15, 0.2) is 5.82 Å². The topological polar surface area (TPSA) is 67.2 Å². The molecule has 0 saturated carbocycles. The molecule has 0 spiro atoms. The number of piperazine rings is 1. The highest BCUT2D eigenvalue weighted by molar-refractivity contribution is 7.13. The molecule has 0 unspecified atom stereocenters. The SMILES string of the molecule is Cc1ccc(C(=O)N2CCN(Cn3nnnc3C(C)(C)C)CC2)s1. The smallest absolute Gasteiger partial charge is 0.264 e. The van der Waals surface area contributed by atoms with E-state index in [1.807, 2.05) is 28.6 Å². The van der Waals surface area contributed by atoms with Gasteiger partial charge in [-0.05, 0) is 29.5 Å². The summed E-state index contributed by atoms with van der Waals surface area (Å²) in [5, 5.41) is 12.1. The van der Waals surface area contributed by atoms with Crippen LogP contribution in [0.1, 0.15) is 41.1 Å². The maximum absolute atomic E-state index is 12.5.